The Morgan fingerprint density at radius 2 is 1.88 bits per heavy atom. The minimum Gasteiger partial charge on any atom is -0.495 e. The maximum absolute atomic E-state index is 5.49. The van der Waals surface area contributed by atoms with E-state index in [-0.39, 0.29) is 0 Å². The van der Waals surface area contributed by atoms with Crippen molar-refractivity contribution in [3.8, 4) is 5.75 Å². The van der Waals surface area contributed by atoms with Crippen LogP contribution in [0.2, 0.25) is 0 Å². The number of likely N-dealkylation sites (N-methyl/N-ethyl adjacent to an activating group) is 1. The molecule has 1 fully saturated rings. The van der Waals surface area contributed by atoms with Crippen molar-refractivity contribution in [2.45, 2.75) is 0 Å². The fourth-order valence-corrected chi connectivity index (χ4v) is 3.10. The van der Waals surface area contributed by atoms with Crippen molar-refractivity contribution in [1.82, 2.24) is 15.1 Å². The lowest BCUT2D eigenvalue weighted by Crippen LogP contribution is -2.53. The summed E-state index contributed by atoms with van der Waals surface area (Å²) in [6.07, 6.45) is 0. The van der Waals surface area contributed by atoms with Gasteiger partial charge in [-0.15, -0.1) is 0 Å². The van der Waals surface area contributed by atoms with Gasteiger partial charge in [0.1, 0.15) is 5.75 Å². The zero-order valence-electron chi connectivity index (χ0n) is 16.6. The molecule has 1 aromatic carbocycles. The molecule has 2 rings (SSSR count). The van der Waals surface area contributed by atoms with Crippen LogP contribution in [-0.4, -0.2) is 96.5 Å². The molecule has 0 saturated carbocycles. The molecule has 0 bridgehead atoms. The fourth-order valence-electron chi connectivity index (χ4n) is 3.10. The quantitative estimate of drug-likeness (QED) is 0.549. The van der Waals surface area contributed by atoms with Gasteiger partial charge in [-0.05, 0) is 19.2 Å². The van der Waals surface area contributed by atoms with Gasteiger partial charge < -0.3 is 29.5 Å². The number of piperazine rings is 1. The van der Waals surface area contributed by atoms with Gasteiger partial charge in [0.05, 0.1) is 19.4 Å². The molecule has 0 spiro atoms. The van der Waals surface area contributed by atoms with E-state index in [1.54, 1.807) is 14.2 Å². The summed E-state index contributed by atoms with van der Waals surface area (Å²) in [4.78, 5) is 11.4. The molecule has 7 heteroatoms. The summed E-state index contributed by atoms with van der Waals surface area (Å²) in [6.45, 7) is 7.33. The van der Waals surface area contributed by atoms with Crippen LogP contribution in [0.4, 0.5) is 5.69 Å². The van der Waals surface area contributed by atoms with Crippen molar-refractivity contribution in [1.29, 1.82) is 0 Å². The third kappa shape index (κ3) is 5.78. The molecule has 1 aromatic rings. The molecule has 1 aliphatic rings. The van der Waals surface area contributed by atoms with E-state index in [2.05, 4.69) is 44.2 Å². The topological polar surface area (TPSA) is 52.6 Å². The standard InChI is InChI=1S/C19H33N5O2/c1-20-19(21-9-10-22(2)15-16-25-3)24-13-11-23(12-14-24)17-7-5-6-8-18(17)26-4/h5-8H,9-16H2,1-4H3,(H,20,21). The summed E-state index contributed by atoms with van der Waals surface area (Å²) in [5.74, 6) is 1.91. The van der Waals surface area contributed by atoms with Crippen LogP contribution < -0.4 is 15.0 Å². The summed E-state index contributed by atoms with van der Waals surface area (Å²) in [5.41, 5.74) is 1.16. The summed E-state index contributed by atoms with van der Waals surface area (Å²) >= 11 is 0. The van der Waals surface area contributed by atoms with E-state index < -0.39 is 0 Å². The first-order valence-electron chi connectivity index (χ1n) is 9.20. The Kier molecular flexibility index (Phi) is 8.50. The Bertz CT molecular complexity index is 559. The Morgan fingerprint density at radius 3 is 2.54 bits per heavy atom. The summed E-state index contributed by atoms with van der Waals surface area (Å²) < 4.78 is 10.6. The smallest absolute Gasteiger partial charge is 0.193 e. The minimum atomic E-state index is 0.760. The van der Waals surface area contributed by atoms with Crippen molar-refractivity contribution in [3.63, 3.8) is 0 Å². The normalized spacial score (nSPS) is 15.5. The first-order chi connectivity index (χ1) is 12.7. The average Bonchev–Trinajstić information content (AvgIpc) is 2.70. The molecule has 1 saturated heterocycles. The second kappa shape index (κ2) is 10.9. The number of para-hydroxylation sites is 2. The number of methoxy groups -OCH3 is 2. The zero-order valence-corrected chi connectivity index (χ0v) is 16.6. The molecule has 1 heterocycles. The highest BCUT2D eigenvalue weighted by atomic mass is 16.5. The van der Waals surface area contributed by atoms with Crippen LogP contribution in [0.25, 0.3) is 0 Å². The van der Waals surface area contributed by atoms with Crippen LogP contribution in [0.1, 0.15) is 0 Å². The maximum Gasteiger partial charge on any atom is 0.193 e. The first-order valence-corrected chi connectivity index (χ1v) is 9.20. The van der Waals surface area contributed by atoms with E-state index in [9.17, 15) is 0 Å². The largest absolute Gasteiger partial charge is 0.495 e. The molecule has 1 aliphatic heterocycles. The Hall–Kier alpha value is -1.99. The number of benzene rings is 1. The molecule has 0 radical (unpaired) electrons. The van der Waals surface area contributed by atoms with Gasteiger partial charge >= 0.3 is 0 Å². The highest BCUT2D eigenvalue weighted by Crippen LogP contribution is 2.28. The molecule has 0 aliphatic carbocycles. The number of ether oxygens (including phenoxy) is 2. The summed E-state index contributed by atoms with van der Waals surface area (Å²) in [6, 6.07) is 8.21. The second-order valence-electron chi connectivity index (χ2n) is 6.42. The van der Waals surface area contributed by atoms with Crippen LogP contribution in [-0.2, 0) is 4.74 Å². The Labute approximate surface area is 157 Å². The number of guanidine groups is 1. The monoisotopic (exact) mass is 363 g/mol. The van der Waals surface area contributed by atoms with Gasteiger partial charge in [0, 0.05) is 60.0 Å². The molecule has 7 nitrogen and oxygen atoms in total. The number of anilines is 1. The van der Waals surface area contributed by atoms with Crippen molar-refractivity contribution in [3.05, 3.63) is 24.3 Å². The number of hydrogen-bond acceptors (Lipinski definition) is 5. The van der Waals surface area contributed by atoms with Crippen LogP contribution in [0.15, 0.2) is 29.3 Å². The Balaban J connectivity index is 1.80. The zero-order chi connectivity index (χ0) is 18.8. The predicted molar refractivity (Wildman–Crippen MR) is 108 cm³/mol. The van der Waals surface area contributed by atoms with Crippen LogP contribution in [0, 0.1) is 0 Å². The molecular weight excluding hydrogens is 330 g/mol. The van der Waals surface area contributed by atoms with Gasteiger partial charge in [-0.3, -0.25) is 4.99 Å². The number of nitrogens with zero attached hydrogens (tertiary/aromatic N) is 4. The lowest BCUT2D eigenvalue weighted by Gasteiger charge is -2.38. The van der Waals surface area contributed by atoms with E-state index in [4.69, 9.17) is 9.47 Å². The number of rotatable bonds is 8. The highest BCUT2D eigenvalue weighted by Gasteiger charge is 2.21. The van der Waals surface area contributed by atoms with Crippen molar-refractivity contribution in [2.24, 2.45) is 4.99 Å². The predicted octanol–water partition coefficient (Wildman–Crippen LogP) is 0.971. The van der Waals surface area contributed by atoms with Gasteiger partial charge in [-0.25, -0.2) is 0 Å². The third-order valence-electron chi connectivity index (χ3n) is 4.67. The number of aliphatic imine (C=N–C) groups is 1. The van der Waals surface area contributed by atoms with E-state index in [0.29, 0.717) is 0 Å². The van der Waals surface area contributed by atoms with Gasteiger partial charge in [-0.1, -0.05) is 12.1 Å². The van der Waals surface area contributed by atoms with Gasteiger partial charge in [0.2, 0.25) is 0 Å². The molecule has 0 atom stereocenters. The molecule has 26 heavy (non-hydrogen) atoms. The lowest BCUT2D eigenvalue weighted by atomic mass is 10.2. The van der Waals surface area contributed by atoms with E-state index in [1.807, 2.05) is 19.2 Å². The molecule has 0 amide bonds. The molecule has 1 N–H and O–H groups in total. The SMILES string of the molecule is CN=C(NCCN(C)CCOC)N1CCN(c2ccccc2OC)CC1. The summed E-state index contributed by atoms with van der Waals surface area (Å²) in [7, 11) is 7.42. The van der Waals surface area contributed by atoms with Crippen LogP contribution in [0.3, 0.4) is 0 Å². The van der Waals surface area contributed by atoms with E-state index in [0.717, 1.165) is 69.8 Å². The van der Waals surface area contributed by atoms with Gasteiger partial charge in [0.15, 0.2) is 5.96 Å². The fraction of sp³-hybridized carbons (Fsp3) is 0.632. The number of nitrogens with one attached hydrogen (secondary N) is 1. The van der Waals surface area contributed by atoms with Crippen molar-refractivity contribution in [2.75, 3.05) is 85.6 Å². The Morgan fingerprint density at radius 1 is 1.15 bits per heavy atom. The van der Waals surface area contributed by atoms with Gasteiger partial charge in [-0.2, -0.15) is 0 Å². The van der Waals surface area contributed by atoms with Crippen LogP contribution in [0.5, 0.6) is 5.75 Å². The molecular formula is C19H33N5O2. The van der Waals surface area contributed by atoms with Crippen molar-refractivity contribution >= 4 is 11.6 Å². The maximum atomic E-state index is 5.49. The highest BCUT2D eigenvalue weighted by molar-refractivity contribution is 5.80. The third-order valence-corrected chi connectivity index (χ3v) is 4.67. The summed E-state index contributed by atoms with van der Waals surface area (Å²) in [5, 5.41) is 3.47. The lowest BCUT2D eigenvalue weighted by molar-refractivity contribution is 0.162. The number of hydrogen-bond donors (Lipinski definition) is 1. The second-order valence-corrected chi connectivity index (χ2v) is 6.42. The van der Waals surface area contributed by atoms with E-state index >= 15 is 0 Å². The molecule has 146 valence electrons. The first kappa shape index (κ1) is 20.3. The van der Waals surface area contributed by atoms with Crippen LogP contribution >= 0.6 is 0 Å². The molecule has 0 aromatic heterocycles. The van der Waals surface area contributed by atoms with E-state index in [1.165, 1.54) is 0 Å². The molecule has 0 unspecified atom stereocenters. The average molecular weight is 364 g/mol. The van der Waals surface area contributed by atoms with Crippen molar-refractivity contribution < 1.29 is 9.47 Å². The van der Waals surface area contributed by atoms with Gasteiger partial charge in [0.25, 0.3) is 0 Å². The minimum absolute atomic E-state index is 0.760.